The molecule has 1 amide bonds. The number of hydrogen-bond acceptors (Lipinski definition) is 4. The lowest BCUT2D eigenvalue weighted by atomic mass is 10.0. The van der Waals surface area contributed by atoms with E-state index in [2.05, 4.69) is 23.5 Å². The lowest BCUT2D eigenvalue weighted by molar-refractivity contribution is -0.120. The van der Waals surface area contributed by atoms with Crippen LogP contribution in [0.25, 0.3) is 10.8 Å². The van der Waals surface area contributed by atoms with E-state index in [4.69, 9.17) is 0 Å². The maximum Gasteiger partial charge on any atom is 0.224 e. The van der Waals surface area contributed by atoms with E-state index >= 15 is 0 Å². The Bertz CT molecular complexity index is 1050. The van der Waals surface area contributed by atoms with Gasteiger partial charge in [0.25, 0.3) is 0 Å². The second-order valence-electron chi connectivity index (χ2n) is 6.31. The van der Waals surface area contributed by atoms with Crippen molar-refractivity contribution in [1.82, 2.24) is 5.32 Å². The minimum absolute atomic E-state index is 0.000100. The minimum atomic E-state index is -0.588. The highest BCUT2D eigenvalue weighted by Crippen LogP contribution is 2.30. The van der Waals surface area contributed by atoms with Crippen LogP contribution >= 0.6 is 22.7 Å². The van der Waals surface area contributed by atoms with E-state index in [-0.39, 0.29) is 5.91 Å². The number of rotatable bonds is 6. The van der Waals surface area contributed by atoms with Crippen LogP contribution in [0, 0.1) is 0 Å². The maximum atomic E-state index is 12.4. The lowest BCUT2D eigenvalue weighted by Crippen LogP contribution is -2.24. The molecule has 4 rings (SSSR count). The Morgan fingerprint density at radius 3 is 2.67 bits per heavy atom. The Kier molecular flexibility index (Phi) is 5.34. The highest BCUT2D eigenvalue weighted by Gasteiger charge is 2.14. The largest absolute Gasteiger partial charge is 0.382 e. The van der Waals surface area contributed by atoms with Crippen molar-refractivity contribution in [2.24, 2.45) is 0 Å². The molecule has 2 aromatic carbocycles. The van der Waals surface area contributed by atoms with Crippen molar-refractivity contribution in [3.8, 4) is 0 Å². The molecule has 27 heavy (non-hydrogen) atoms. The van der Waals surface area contributed by atoms with Gasteiger partial charge in [0, 0.05) is 14.6 Å². The van der Waals surface area contributed by atoms with E-state index in [0.29, 0.717) is 13.0 Å². The van der Waals surface area contributed by atoms with Crippen LogP contribution in [0.3, 0.4) is 0 Å². The third-order valence-electron chi connectivity index (χ3n) is 4.46. The minimum Gasteiger partial charge on any atom is -0.382 e. The molecule has 0 saturated heterocycles. The summed E-state index contributed by atoms with van der Waals surface area (Å²) in [6.07, 6.45) is -0.229. The number of nitrogens with one attached hydrogen (secondary N) is 1. The molecule has 5 heteroatoms. The molecule has 136 valence electrons. The second-order valence-corrected chi connectivity index (χ2v) is 8.49. The van der Waals surface area contributed by atoms with Crippen molar-refractivity contribution < 1.29 is 9.90 Å². The van der Waals surface area contributed by atoms with Crippen molar-refractivity contribution in [1.29, 1.82) is 0 Å². The van der Waals surface area contributed by atoms with Gasteiger partial charge in [-0.25, -0.2) is 0 Å². The summed E-state index contributed by atoms with van der Waals surface area (Å²) in [5.74, 6) is 0.000100. The van der Waals surface area contributed by atoms with Crippen LogP contribution in [-0.4, -0.2) is 11.0 Å². The van der Waals surface area contributed by atoms with E-state index in [1.807, 2.05) is 53.9 Å². The molecule has 2 heterocycles. The first kappa shape index (κ1) is 17.9. The summed E-state index contributed by atoms with van der Waals surface area (Å²) in [6.45, 7) is 0.478. The van der Waals surface area contributed by atoms with E-state index in [9.17, 15) is 9.90 Å². The molecular formula is C22H19NO2S2. The van der Waals surface area contributed by atoms with Gasteiger partial charge in [0.2, 0.25) is 5.91 Å². The predicted molar refractivity (Wildman–Crippen MR) is 112 cm³/mol. The number of amides is 1. The number of hydrogen-bond donors (Lipinski definition) is 2. The third kappa shape index (κ3) is 4.11. The Hall–Kier alpha value is -2.47. The van der Waals surface area contributed by atoms with Crippen LogP contribution < -0.4 is 5.32 Å². The van der Waals surface area contributed by atoms with Gasteiger partial charge in [-0.2, -0.15) is 0 Å². The SMILES string of the molecule is O=C(Cc1cccc2ccccc12)NCc1ccc(C(O)c2cccs2)s1. The van der Waals surface area contributed by atoms with Crippen LogP contribution in [0.15, 0.2) is 72.1 Å². The zero-order valence-electron chi connectivity index (χ0n) is 14.6. The molecule has 0 radical (unpaired) electrons. The fourth-order valence-corrected chi connectivity index (χ4v) is 4.85. The molecule has 0 fully saturated rings. The van der Waals surface area contributed by atoms with Gasteiger partial charge in [-0.1, -0.05) is 48.5 Å². The van der Waals surface area contributed by atoms with E-state index < -0.39 is 6.10 Å². The molecule has 0 aliphatic carbocycles. The van der Waals surface area contributed by atoms with Crippen molar-refractivity contribution in [2.45, 2.75) is 19.1 Å². The van der Waals surface area contributed by atoms with E-state index in [0.717, 1.165) is 31.0 Å². The van der Waals surface area contributed by atoms with Gasteiger partial charge in [0.05, 0.1) is 13.0 Å². The van der Waals surface area contributed by atoms with Crippen LogP contribution in [0.4, 0.5) is 0 Å². The Balaban J connectivity index is 1.38. The molecule has 1 atom stereocenters. The molecule has 4 aromatic rings. The van der Waals surface area contributed by atoms with E-state index in [1.165, 1.54) is 11.3 Å². The van der Waals surface area contributed by atoms with Gasteiger partial charge in [0.1, 0.15) is 6.10 Å². The summed E-state index contributed by atoms with van der Waals surface area (Å²) in [4.78, 5) is 15.3. The highest BCUT2D eigenvalue weighted by atomic mass is 32.1. The summed E-state index contributed by atoms with van der Waals surface area (Å²) >= 11 is 3.07. The maximum absolute atomic E-state index is 12.4. The van der Waals surface area contributed by atoms with Gasteiger partial charge in [-0.15, -0.1) is 22.7 Å². The summed E-state index contributed by atoms with van der Waals surface area (Å²) in [5, 5.41) is 17.6. The number of aliphatic hydroxyl groups excluding tert-OH is 1. The Morgan fingerprint density at radius 1 is 0.963 bits per heavy atom. The van der Waals surface area contributed by atoms with Crippen molar-refractivity contribution in [2.75, 3.05) is 0 Å². The third-order valence-corrected chi connectivity index (χ3v) is 6.52. The number of carbonyl (C=O) groups is 1. The average Bonchev–Trinajstić information content (AvgIpc) is 3.38. The fourth-order valence-electron chi connectivity index (χ4n) is 3.09. The first-order valence-corrected chi connectivity index (χ1v) is 10.4. The predicted octanol–water partition coefficient (Wildman–Crippen LogP) is 4.90. The van der Waals surface area contributed by atoms with Crippen LogP contribution in [0.5, 0.6) is 0 Å². The molecular weight excluding hydrogens is 374 g/mol. The quantitative estimate of drug-likeness (QED) is 0.489. The topological polar surface area (TPSA) is 49.3 Å². The summed E-state index contributed by atoms with van der Waals surface area (Å²) in [5.41, 5.74) is 1.03. The molecule has 2 N–H and O–H groups in total. The first-order chi connectivity index (χ1) is 13.2. The Labute approximate surface area is 165 Å². The number of aliphatic hydroxyl groups is 1. The average molecular weight is 394 g/mol. The molecule has 0 aliphatic heterocycles. The molecule has 0 saturated carbocycles. The van der Waals surface area contributed by atoms with Crippen molar-refractivity contribution >= 4 is 39.4 Å². The van der Waals surface area contributed by atoms with Gasteiger partial charge in [-0.05, 0) is 39.9 Å². The molecule has 3 nitrogen and oxygen atoms in total. The smallest absolute Gasteiger partial charge is 0.224 e. The molecule has 0 spiro atoms. The normalized spacial score (nSPS) is 12.2. The zero-order valence-corrected chi connectivity index (χ0v) is 16.2. The zero-order chi connectivity index (χ0) is 18.6. The van der Waals surface area contributed by atoms with Gasteiger partial charge in [0.15, 0.2) is 0 Å². The number of benzene rings is 2. The van der Waals surface area contributed by atoms with Gasteiger partial charge < -0.3 is 10.4 Å². The monoisotopic (exact) mass is 393 g/mol. The van der Waals surface area contributed by atoms with Crippen molar-refractivity contribution in [3.63, 3.8) is 0 Å². The number of carbonyl (C=O) groups excluding carboxylic acids is 1. The van der Waals surface area contributed by atoms with E-state index in [1.54, 1.807) is 11.3 Å². The molecule has 2 aromatic heterocycles. The number of fused-ring (bicyclic) bond motifs is 1. The van der Waals surface area contributed by atoms with Crippen LogP contribution in [0.2, 0.25) is 0 Å². The first-order valence-electron chi connectivity index (χ1n) is 8.74. The second kappa shape index (κ2) is 8.05. The van der Waals surface area contributed by atoms with Crippen LogP contribution in [0.1, 0.15) is 26.3 Å². The number of thiophene rings is 2. The molecule has 1 unspecified atom stereocenters. The highest BCUT2D eigenvalue weighted by molar-refractivity contribution is 7.12. The Morgan fingerprint density at radius 2 is 1.81 bits per heavy atom. The van der Waals surface area contributed by atoms with Crippen molar-refractivity contribution in [3.05, 3.63) is 92.3 Å². The summed E-state index contributed by atoms with van der Waals surface area (Å²) < 4.78 is 0. The lowest BCUT2D eigenvalue weighted by Gasteiger charge is -2.07. The van der Waals surface area contributed by atoms with Gasteiger partial charge in [-0.3, -0.25) is 4.79 Å². The molecule has 0 aliphatic rings. The standard InChI is InChI=1S/C22H19NO2S2/c24-21(13-16-7-3-6-15-5-1-2-8-18(15)16)23-14-17-10-11-20(27-17)22(25)19-9-4-12-26-19/h1-12,22,25H,13-14H2,(H,23,24). The van der Waals surface area contributed by atoms with Gasteiger partial charge >= 0.3 is 0 Å². The van der Waals surface area contributed by atoms with Crippen LogP contribution in [-0.2, 0) is 17.8 Å². The summed E-state index contributed by atoms with van der Waals surface area (Å²) in [7, 11) is 0. The fraction of sp³-hybridized carbons (Fsp3) is 0.136. The summed E-state index contributed by atoms with van der Waals surface area (Å²) in [6, 6.07) is 21.9. The molecule has 0 bridgehead atoms.